The molecule has 0 radical (unpaired) electrons. The average molecular weight is 1240 g/mol. The standard InChI is InChI=1S/C59H74N2O19S4/c1-58(2)50(61(30-11-15-34-83(68,69)70)45-25-21-41-35-43(82-80-78-67)37-47(53(41)55(45)58)75-31-12-6-8-19-51(62)63)28-24-40-18-16-17-39(57(40)74-5)23-27-49-59(3,4)56-46(60(49)29-10-14-33-81-79-77-66)26-22-42-36-44(84(71,72)73)38-48(54(42)56)76-32-13-7-9-20-52(64)65/h21-28,35-38H,6-20,29-34H2,1-5H3,(H5-,62,63,64,65,66,67,68,69,70,71,72,73)/p+1. The number of nitrogens with zero attached hydrogens (tertiary/aromatic N) is 2. The quantitative estimate of drug-likeness (QED) is 0.00632. The Labute approximate surface area is 498 Å². The van der Waals surface area contributed by atoms with Crippen molar-refractivity contribution in [2.24, 2.45) is 0 Å². The van der Waals surface area contributed by atoms with E-state index < -0.39 is 43.0 Å². The summed E-state index contributed by atoms with van der Waals surface area (Å²) >= 11 is 1.78. The number of hydrogen-bond acceptors (Lipinski definition) is 18. The largest absolute Gasteiger partial charge is 0.496 e. The van der Waals surface area contributed by atoms with E-state index in [4.69, 9.17) is 34.2 Å². The van der Waals surface area contributed by atoms with E-state index in [1.54, 1.807) is 13.2 Å². The number of unbranched alkanes of at least 4 members (excludes halogenated alkanes) is 6. The molecule has 0 unspecified atom stereocenters. The molecular formula is C59H75N2O19S4+. The normalized spacial score (nSPS) is 16.9. The maximum atomic E-state index is 12.6. The van der Waals surface area contributed by atoms with Crippen LogP contribution in [0.15, 0.2) is 105 Å². The lowest BCUT2D eigenvalue weighted by Gasteiger charge is -2.28. The number of carboxylic acid groups (broad SMARTS) is 2. The Morgan fingerprint density at radius 1 is 0.714 bits per heavy atom. The Hall–Kier alpha value is -5.55. The number of allylic oxidation sites excluding steroid dienone is 7. The van der Waals surface area contributed by atoms with Gasteiger partial charge in [0.2, 0.25) is 5.69 Å². The van der Waals surface area contributed by atoms with Crippen LogP contribution < -0.4 is 14.4 Å². The van der Waals surface area contributed by atoms with Crippen LogP contribution in [0.25, 0.3) is 21.5 Å². The molecule has 458 valence electrons. The Balaban J connectivity index is 1.29. The summed E-state index contributed by atoms with van der Waals surface area (Å²) in [5.41, 5.74) is 5.96. The minimum atomic E-state index is -4.64. The van der Waals surface area contributed by atoms with Crippen molar-refractivity contribution in [1.82, 2.24) is 0 Å². The van der Waals surface area contributed by atoms with Gasteiger partial charge in [0.1, 0.15) is 23.8 Å². The summed E-state index contributed by atoms with van der Waals surface area (Å²) in [5.74, 6) is -0.0916. The molecule has 0 atom stereocenters. The Morgan fingerprint density at radius 3 is 2.01 bits per heavy atom. The fourth-order valence-corrected chi connectivity index (χ4v) is 13.6. The van der Waals surface area contributed by atoms with Crippen molar-refractivity contribution in [2.75, 3.05) is 49.8 Å². The van der Waals surface area contributed by atoms with Gasteiger partial charge in [0.25, 0.3) is 20.2 Å². The maximum Gasteiger partial charge on any atom is 0.303 e. The number of rotatable bonds is 34. The Kier molecular flexibility index (Phi) is 23.3. The molecule has 25 heteroatoms. The molecule has 0 saturated heterocycles. The second kappa shape index (κ2) is 29.7. The molecule has 7 rings (SSSR count). The number of carbonyl (C=O) groups is 2. The van der Waals surface area contributed by atoms with Crippen LogP contribution >= 0.6 is 24.1 Å². The molecule has 3 aliphatic rings. The molecule has 0 fully saturated rings. The molecular weight excluding hydrogens is 1170 g/mol. The third-order valence-electron chi connectivity index (χ3n) is 15.3. The number of methoxy groups -OCH3 is 1. The van der Waals surface area contributed by atoms with Crippen LogP contribution in [0.2, 0.25) is 0 Å². The van der Waals surface area contributed by atoms with E-state index >= 15 is 0 Å². The zero-order valence-corrected chi connectivity index (χ0v) is 51.1. The van der Waals surface area contributed by atoms with Gasteiger partial charge in [0.05, 0.1) is 54.0 Å². The van der Waals surface area contributed by atoms with E-state index in [2.05, 4.69) is 75.9 Å². The molecule has 4 aromatic rings. The number of hydrogen-bond donors (Lipinski definition) is 6. The topological polar surface area (TPSA) is 295 Å². The monoisotopic (exact) mass is 1240 g/mol. The van der Waals surface area contributed by atoms with E-state index in [9.17, 15) is 40.6 Å². The minimum Gasteiger partial charge on any atom is -0.496 e. The maximum absolute atomic E-state index is 12.6. The fraction of sp³-hybridized carbons (Fsp3) is 0.475. The van der Waals surface area contributed by atoms with Gasteiger partial charge in [0.15, 0.2) is 5.71 Å². The van der Waals surface area contributed by atoms with Crippen molar-refractivity contribution in [3.8, 4) is 11.5 Å². The molecule has 0 saturated carbocycles. The first-order chi connectivity index (χ1) is 40.0. The number of anilines is 1. The van der Waals surface area contributed by atoms with Crippen LogP contribution in [0.5, 0.6) is 11.5 Å². The first-order valence-electron chi connectivity index (χ1n) is 27.9. The summed E-state index contributed by atoms with van der Waals surface area (Å²) in [4.78, 5) is 24.9. The molecule has 0 spiro atoms. The van der Waals surface area contributed by atoms with Gasteiger partial charge in [0, 0.05) is 94.3 Å². The number of benzene rings is 4. The van der Waals surface area contributed by atoms with Crippen LogP contribution in [0.1, 0.15) is 135 Å². The molecule has 0 amide bonds. The van der Waals surface area contributed by atoms with Crippen LogP contribution in [0.4, 0.5) is 11.4 Å². The van der Waals surface area contributed by atoms with Gasteiger partial charge in [-0.25, -0.2) is 10.5 Å². The van der Waals surface area contributed by atoms with Gasteiger partial charge in [-0.2, -0.15) is 21.4 Å². The van der Waals surface area contributed by atoms with E-state index in [0.29, 0.717) is 123 Å². The minimum absolute atomic E-state index is 0.0177. The van der Waals surface area contributed by atoms with Crippen molar-refractivity contribution >= 4 is 94.9 Å². The van der Waals surface area contributed by atoms with Gasteiger partial charge in [-0.1, -0.05) is 36.1 Å². The predicted octanol–water partition coefficient (Wildman–Crippen LogP) is 12.9. The molecule has 2 aliphatic heterocycles. The first-order valence-corrected chi connectivity index (χ1v) is 32.6. The van der Waals surface area contributed by atoms with Crippen LogP contribution in [-0.2, 0) is 64.1 Å². The van der Waals surface area contributed by atoms with Gasteiger partial charge < -0.3 is 29.3 Å². The summed E-state index contributed by atoms with van der Waals surface area (Å²) in [5, 5.41) is 46.6. The van der Waals surface area contributed by atoms with E-state index in [-0.39, 0.29) is 42.3 Å². The molecule has 84 heavy (non-hydrogen) atoms. The van der Waals surface area contributed by atoms with Gasteiger partial charge >= 0.3 is 11.9 Å². The van der Waals surface area contributed by atoms with Crippen molar-refractivity contribution < 1.29 is 93.8 Å². The van der Waals surface area contributed by atoms with E-state index in [0.717, 1.165) is 86.3 Å². The SMILES string of the molecule is COC1=C(/C=C/C2=[N+](CCCCS(=O)(=O)O)c3ccc4cc(SOOO)cc(OCCCCCC(=O)O)c4c3C2(C)C)CCC/C1=C\C=C1\N(CCCCSOOO)c2ccc3cc(S(=O)(=O)O)cc(OCCCCCC(=O)O)c3c2C1(C)C. The highest BCUT2D eigenvalue weighted by Gasteiger charge is 2.47. The third-order valence-corrected chi connectivity index (χ3v) is 18.1. The van der Waals surface area contributed by atoms with Gasteiger partial charge in [-0.15, -0.1) is 8.67 Å². The highest BCUT2D eigenvalue weighted by Crippen LogP contribution is 2.54. The van der Waals surface area contributed by atoms with Crippen molar-refractivity contribution in [3.05, 3.63) is 107 Å². The molecule has 21 nitrogen and oxygen atoms in total. The second-order valence-corrected chi connectivity index (χ2v) is 26.4. The van der Waals surface area contributed by atoms with Crippen molar-refractivity contribution in [3.63, 3.8) is 0 Å². The fourth-order valence-electron chi connectivity index (χ4n) is 11.6. The van der Waals surface area contributed by atoms with Gasteiger partial charge in [-0.3, -0.25) is 18.7 Å². The average Bonchev–Trinajstić information content (AvgIpc) is 3.80. The number of ether oxygens (including phenoxy) is 3. The third kappa shape index (κ3) is 16.5. The zero-order valence-electron chi connectivity index (χ0n) is 47.8. The van der Waals surface area contributed by atoms with Crippen LogP contribution in [0, 0.1) is 0 Å². The Bertz CT molecular complexity index is 3440. The summed E-state index contributed by atoms with van der Waals surface area (Å²) in [7, 11) is -7.19. The highest BCUT2D eigenvalue weighted by molar-refractivity contribution is 7.94. The zero-order chi connectivity index (χ0) is 60.8. The highest BCUT2D eigenvalue weighted by atomic mass is 32.2. The van der Waals surface area contributed by atoms with Crippen molar-refractivity contribution in [2.45, 2.75) is 145 Å². The number of carboxylic acids is 2. The lowest BCUT2D eigenvalue weighted by molar-refractivity contribution is -0.438. The van der Waals surface area contributed by atoms with Crippen molar-refractivity contribution in [1.29, 1.82) is 0 Å². The smallest absolute Gasteiger partial charge is 0.303 e. The molecule has 0 bridgehead atoms. The summed E-state index contributed by atoms with van der Waals surface area (Å²) < 4.78 is 99.7. The summed E-state index contributed by atoms with van der Waals surface area (Å²) in [6.45, 7) is 9.89. The number of aliphatic carboxylic acids is 2. The second-order valence-electron chi connectivity index (χ2n) is 21.9. The van der Waals surface area contributed by atoms with E-state index in [1.165, 1.54) is 12.1 Å². The first kappa shape index (κ1) is 66.0. The molecule has 2 heterocycles. The lowest BCUT2D eigenvalue weighted by atomic mass is 9.78. The lowest BCUT2D eigenvalue weighted by Crippen LogP contribution is -2.28. The predicted molar refractivity (Wildman–Crippen MR) is 320 cm³/mol. The number of fused-ring (bicyclic) bond motifs is 6. The van der Waals surface area contributed by atoms with Gasteiger partial charge in [-0.05, 0) is 161 Å². The molecule has 0 aromatic heterocycles. The van der Waals surface area contributed by atoms with Crippen LogP contribution in [-0.4, -0.2) is 114 Å². The molecule has 4 aromatic carbocycles. The van der Waals surface area contributed by atoms with Crippen LogP contribution in [0.3, 0.4) is 0 Å². The molecule has 6 N–H and O–H groups in total. The summed E-state index contributed by atoms with van der Waals surface area (Å²) in [6.07, 6.45) is 16.0. The molecule has 1 aliphatic carbocycles. The van der Waals surface area contributed by atoms with E-state index in [1.807, 2.05) is 30.3 Å². The summed E-state index contributed by atoms with van der Waals surface area (Å²) in [6, 6.07) is 14.2. The Morgan fingerprint density at radius 2 is 1.37 bits per heavy atom.